The van der Waals surface area contributed by atoms with Gasteiger partial charge in [0.15, 0.2) is 11.5 Å². The van der Waals surface area contributed by atoms with E-state index in [1.807, 2.05) is 32.0 Å². The second kappa shape index (κ2) is 5.29. The molecule has 0 radical (unpaired) electrons. The van der Waals surface area contributed by atoms with Crippen molar-refractivity contribution in [2.75, 3.05) is 19.1 Å². The van der Waals surface area contributed by atoms with Crippen LogP contribution >= 0.6 is 11.3 Å². The number of carbonyl (C=O) groups excluding carboxylic acids is 1. The van der Waals surface area contributed by atoms with Gasteiger partial charge in [0, 0.05) is 17.0 Å². The maximum atomic E-state index is 12.3. The quantitative estimate of drug-likeness (QED) is 0.914. The third kappa shape index (κ3) is 2.31. The third-order valence-corrected chi connectivity index (χ3v) is 4.27. The normalized spacial score (nSPS) is 12.5. The first kappa shape index (κ1) is 13.8. The number of thiophene rings is 1. The summed E-state index contributed by atoms with van der Waals surface area (Å²) in [4.78, 5) is 13.3. The fourth-order valence-corrected chi connectivity index (χ4v) is 3.39. The minimum Gasteiger partial charge on any atom is -0.454 e. The lowest BCUT2D eigenvalue weighted by Gasteiger charge is -2.08. The molecule has 0 aliphatic carbocycles. The van der Waals surface area contributed by atoms with Crippen LogP contribution in [0.15, 0.2) is 18.2 Å². The summed E-state index contributed by atoms with van der Waals surface area (Å²) in [6, 6.07) is 5.66. The fraction of sp³-hybridized carbons (Fsp3) is 0.267. The maximum absolute atomic E-state index is 12.3. The Hall–Kier alpha value is -2.21. The second-order valence-electron chi connectivity index (χ2n) is 4.70. The van der Waals surface area contributed by atoms with Crippen molar-refractivity contribution in [3.8, 4) is 22.6 Å². The van der Waals surface area contributed by atoms with E-state index in [2.05, 4.69) is 5.32 Å². The minimum atomic E-state index is -0.146. The summed E-state index contributed by atoms with van der Waals surface area (Å²) in [5.41, 5.74) is 8.34. The zero-order chi connectivity index (χ0) is 15.0. The molecule has 1 aliphatic heterocycles. The van der Waals surface area contributed by atoms with Crippen molar-refractivity contribution < 1.29 is 14.3 Å². The molecular weight excluding hydrogens is 288 g/mol. The van der Waals surface area contributed by atoms with Crippen LogP contribution in [-0.2, 0) is 0 Å². The molecule has 0 unspecified atom stereocenters. The number of fused-ring (bicyclic) bond motifs is 1. The van der Waals surface area contributed by atoms with Crippen LogP contribution in [0.5, 0.6) is 11.5 Å². The van der Waals surface area contributed by atoms with Crippen molar-refractivity contribution in [1.29, 1.82) is 0 Å². The molecule has 0 bridgehead atoms. The van der Waals surface area contributed by atoms with Crippen LogP contribution in [0.4, 0.5) is 5.00 Å². The Morgan fingerprint density at radius 2 is 2.14 bits per heavy atom. The van der Waals surface area contributed by atoms with E-state index in [-0.39, 0.29) is 12.7 Å². The van der Waals surface area contributed by atoms with Crippen LogP contribution in [-0.4, -0.2) is 19.2 Å². The first-order valence-corrected chi connectivity index (χ1v) is 7.50. The number of amides is 1. The maximum Gasteiger partial charge on any atom is 0.254 e. The molecule has 110 valence electrons. The number of rotatable bonds is 3. The lowest BCUT2D eigenvalue weighted by atomic mass is 10.0. The Morgan fingerprint density at radius 1 is 1.38 bits per heavy atom. The Bertz CT molecular complexity index is 709. The Balaban J connectivity index is 2.11. The zero-order valence-corrected chi connectivity index (χ0v) is 12.7. The molecular formula is C15H16N2O3S. The highest BCUT2D eigenvalue weighted by atomic mass is 32.1. The van der Waals surface area contributed by atoms with Crippen molar-refractivity contribution in [2.45, 2.75) is 13.8 Å². The highest BCUT2D eigenvalue weighted by molar-refractivity contribution is 7.16. The van der Waals surface area contributed by atoms with Gasteiger partial charge in [-0.25, -0.2) is 0 Å². The van der Waals surface area contributed by atoms with E-state index in [1.165, 1.54) is 11.3 Å². The molecule has 3 rings (SSSR count). The van der Waals surface area contributed by atoms with E-state index in [0.717, 1.165) is 21.8 Å². The third-order valence-electron chi connectivity index (χ3n) is 3.34. The Morgan fingerprint density at radius 3 is 2.90 bits per heavy atom. The summed E-state index contributed by atoms with van der Waals surface area (Å²) in [6.07, 6.45) is 0. The van der Waals surface area contributed by atoms with E-state index in [4.69, 9.17) is 15.2 Å². The van der Waals surface area contributed by atoms with Crippen LogP contribution in [0.1, 0.15) is 22.2 Å². The van der Waals surface area contributed by atoms with Crippen molar-refractivity contribution in [3.05, 3.63) is 28.6 Å². The fourth-order valence-electron chi connectivity index (χ4n) is 2.44. The van der Waals surface area contributed by atoms with E-state index < -0.39 is 0 Å². The zero-order valence-electron chi connectivity index (χ0n) is 11.9. The molecule has 1 aromatic carbocycles. The van der Waals surface area contributed by atoms with Crippen molar-refractivity contribution in [1.82, 2.24) is 5.32 Å². The first-order chi connectivity index (χ1) is 10.1. The van der Waals surface area contributed by atoms with Gasteiger partial charge < -0.3 is 20.5 Å². The number of benzene rings is 1. The predicted molar refractivity (Wildman–Crippen MR) is 83.0 cm³/mol. The number of hydrogen-bond acceptors (Lipinski definition) is 5. The van der Waals surface area contributed by atoms with Gasteiger partial charge in [0.2, 0.25) is 6.79 Å². The van der Waals surface area contributed by atoms with Gasteiger partial charge in [-0.15, -0.1) is 11.3 Å². The molecule has 1 aromatic heterocycles. The molecule has 0 atom stereocenters. The summed E-state index contributed by atoms with van der Waals surface area (Å²) < 4.78 is 10.7. The lowest BCUT2D eigenvalue weighted by molar-refractivity contribution is 0.0957. The molecule has 2 aromatic rings. The standard InChI is InChI=1S/C15H16N2O3S/c1-3-17-15(18)13-12(8(2)21-14(13)16)9-4-5-10-11(6-9)20-7-19-10/h4-6H,3,7,16H2,1-2H3,(H,17,18). The van der Waals surface area contributed by atoms with Gasteiger partial charge in [-0.3, -0.25) is 4.79 Å². The largest absolute Gasteiger partial charge is 0.454 e. The number of nitrogens with one attached hydrogen (secondary N) is 1. The number of carbonyl (C=O) groups is 1. The van der Waals surface area contributed by atoms with Gasteiger partial charge in [0.25, 0.3) is 5.91 Å². The number of nitrogens with two attached hydrogens (primary N) is 1. The monoisotopic (exact) mass is 304 g/mol. The lowest BCUT2D eigenvalue weighted by Crippen LogP contribution is -2.23. The summed E-state index contributed by atoms with van der Waals surface area (Å²) in [5.74, 6) is 1.27. The molecule has 0 saturated heterocycles. The SMILES string of the molecule is CCNC(=O)c1c(N)sc(C)c1-c1ccc2c(c1)OCO2. The first-order valence-electron chi connectivity index (χ1n) is 6.69. The van der Waals surface area contributed by atoms with E-state index in [9.17, 15) is 4.79 Å². The topological polar surface area (TPSA) is 73.6 Å². The number of anilines is 1. The molecule has 1 aliphatic rings. The van der Waals surface area contributed by atoms with Crippen LogP contribution in [0.3, 0.4) is 0 Å². The van der Waals surface area contributed by atoms with Crippen molar-refractivity contribution in [3.63, 3.8) is 0 Å². The van der Waals surface area contributed by atoms with Gasteiger partial charge in [-0.2, -0.15) is 0 Å². The Labute approximate surface area is 126 Å². The molecule has 6 heteroatoms. The highest BCUT2D eigenvalue weighted by Crippen LogP contribution is 2.42. The van der Waals surface area contributed by atoms with Crippen LogP contribution in [0, 0.1) is 6.92 Å². The predicted octanol–water partition coefficient (Wildman–Crippen LogP) is 2.78. The summed E-state index contributed by atoms with van der Waals surface area (Å²) >= 11 is 1.42. The van der Waals surface area contributed by atoms with Gasteiger partial charge in [0.05, 0.1) is 10.6 Å². The molecule has 0 fully saturated rings. The molecule has 0 spiro atoms. The van der Waals surface area contributed by atoms with Gasteiger partial charge in [-0.1, -0.05) is 6.07 Å². The number of aryl methyl sites for hydroxylation is 1. The average molecular weight is 304 g/mol. The van der Waals surface area contributed by atoms with Crippen LogP contribution in [0.25, 0.3) is 11.1 Å². The van der Waals surface area contributed by atoms with Gasteiger partial charge in [0.1, 0.15) is 0 Å². The molecule has 21 heavy (non-hydrogen) atoms. The van der Waals surface area contributed by atoms with Crippen LogP contribution < -0.4 is 20.5 Å². The smallest absolute Gasteiger partial charge is 0.254 e. The van der Waals surface area contributed by atoms with Gasteiger partial charge in [-0.05, 0) is 31.5 Å². The summed E-state index contributed by atoms with van der Waals surface area (Å²) in [7, 11) is 0. The summed E-state index contributed by atoms with van der Waals surface area (Å²) in [5, 5.41) is 3.34. The van der Waals surface area contributed by atoms with E-state index in [1.54, 1.807) is 0 Å². The molecule has 1 amide bonds. The van der Waals surface area contributed by atoms with Gasteiger partial charge >= 0.3 is 0 Å². The number of nitrogen functional groups attached to an aromatic ring is 1. The molecule has 3 N–H and O–H groups in total. The number of hydrogen-bond donors (Lipinski definition) is 2. The minimum absolute atomic E-state index is 0.146. The number of ether oxygens (including phenoxy) is 2. The van der Waals surface area contributed by atoms with Crippen LogP contribution in [0.2, 0.25) is 0 Å². The van der Waals surface area contributed by atoms with E-state index >= 15 is 0 Å². The summed E-state index contributed by atoms with van der Waals surface area (Å²) in [6.45, 7) is 4.64. The highest BCUT2D eigenvalue weighted by Gasteiger charge is 2.23. The van der Waals surface area contributed by atoms with Crippen molar-refractivity contribution in [2.24, 2.45) is 0 Å². The van der Waals surface area contributed by atoms with Crippen molar-refractivity contribution >= 4 is 22.2 Å². The second-order valence-corrected chi connectivity index (χ2v) is 5.96. The average Bonchev–Trinajstić information content (AvgIpc) is 3.01. The molecule has 2 heterocycles. The molecule has 5 nitrogen and oxygen atoms in total. The van der Waals surface area contributed by atoms with E-state index in [0.29, 0.717) is 22.9 Å². The Kier molecular flexibility index (Phi) is 3.47. The molecule has 0 saturated carbocycles.